The van der Waals surface area contributed by atoms with Gasteiger partial charge in [0.1, 0.15) is 11.6 Å². The second kappa shape index (κ2) is 9.02. The van der Waals surface area contributed by atoms with E-state index in [-0.39, 0.29) is 12.3 Å². The Bertz CT molecular complexity index is 1700. The zero-order valence-corrected chi connectivity index (χ0v) is 20.1. The number of amides is 1. The molecular weight excluding hydrogens is 466 g/mol. The Hall–Kier alpha value is -4.78. The average molecular weight is 490 g/mol. The number of pyridine rings is 2. The number of carbonyl (C=O) groups excluding carboxylic acids is 1. The molecular formula is C30H23N3O4. The van der Waals surface area contributed by atoms with Crippen LogP contribution in [0, 0.1) is 6.92 Å². The molecule has 3 heterocycles. The topological polar surface area (TPSA) is 101 Å². The molecule has 1 aliphatic rings. The maximum absolute atomic E-state index is 12.7. The smallest absolute Gasteiger partial charge is 0.307 e. The van der Waals surface area contributed by atoms with E-state index in [9.17, 15) is 14.7 Å². The van der Waals surface area contributed by atoms with Crippen LogP contribution in [0.4, 0.5) is 5.82 Å². The van der Waals surface area contributed by atoms with Gasteiger partial charge in [0.15, 0.2) is 0 Å². The van der Waals surface area contributed by atoms with Gasteiger partial charge < -0.3 is 15.2 Å². The maximum Gasteiger partial charge on any atom is 0.307 e. The molecule has 1 amide bonds. The van der Waals surface area contributed by atoms with Crippen molar-refractivity contribution in [3.63, 3.8) is 0 Å². The van der Waals surface area contributed by atoms with E-state index in [0.717, 1.165) is 50.7 Å². The highest BCUT2D eigenvalue weighted by Gasteiger charge is 2.22. The lowest BCUT2D eigenvalue weighted by Gasteiger charge is -2.21. The van der Waals surface area contributed by atoms with Crippen molar-refractivity contribution in [2.75, 3.05) is 11.9 Å². The van der Waals surface area contributed by atoms with Crippen molar-refractivity contribution in [1.29, 1.82) is 0 Å². The van der Waals surface area contributed by atoms with E-state index < -0.39 is 5.97 Å². The molecule has 2 N–H and O–H groups in total. The number of hydrogen-bond acceptors (Lipinski definition) is 5. The third-order valence-electron chi connectivity index (χ3n) is 6.77. The summed E-state index contributed by atoms with van der Waals surface area (Å²) in [7, 11) is 0. The minimum atomic E-state index is -0.914. The minimum absolute atomic E-state index is 0.136. The number of nitrogens with one attached hydrogen (secondary N) is 1. The Kier molecular flexibility index (Phi) is 5.53. The van der Waals surface area contributed by atoms with E-state index in [1.54, 1.807) is 24.4 Å². The number of ether oxygens (including phenoxy) is 1. The van der Waals surface area contributed by atoms with Crippen molar-refractivity contribution in [2.45, 2.75) is 19.8 Å². The minimum Gasteiger partial charge on any atom is -0.493 e. The zero-order chi connectivity index (χ0) is 25.5. The summed E-state index contributed by atoms with van der Waals surface area (Å²) in [5.74, 6) is 0.0390. The number of carboxylic acid groups (broad SMARTS) is 1. The third-order valence-corrected chi connectivity index (χ3v) is 6.77. The van der Waals surface area contributed by atoms with Gasteiger partial charge in [0.05, 0.1) is 24.1 Å². The summed E-state index contributed by atoms with van der Waals surface area (Å²) < 4.78 is 5.89. The largest absolute Gasteiger partial charge is 0.493 e. The molecule has 0 aliphatic carbocycles. The number of carboxylic acids is 1. The van der Waals surface area contributed by atoms with Crippen LogP contribution >= 0.6 is 0 Å². The summed E-state index contributed by atoms with van der Waals surface area (Å²) >= 11 is 0. The standard InChI is InChI=1S/C30H23N3O4/c1-17-15-23-20(8-10-25(32-23)33-30(36)19-5-3-2-4-6-19)28(22(17)16-26(34)35)21-7-9-24-27-18(12-14-37-24)11-13-31-29(21)27/h2-11,13,15H,12,14,16H2,1H3,(H,34,35)(H,32,33,36). The highest BCUT2D eigenvalue weighted by atomic mass is 16.5. The average Bonchev–Trinajstić information content (AvgIpc) is 2.90. The Morgan fingerprint density at radius 2 is 1.89 bits per heavy atom. The van der Waals surface area contributed by atoms with E-state index >= 15 is 0 Å². The molecule has 0 radical (unpaired) electrons. The number of nitrogens with zero attached hydrogens (tertiary/aromatic N) is 2. The van der Waals surface area contributed by atoms with E-state index in [4.69, 9.17) is 14.7 Å². The van der Waals surface area contributed by atoms with Gasteiger partial charge in [-0.2, -0.15) is 0 Å². The Morgan fingerprint density at radius 1 is 1.05 bits per heavy atom. The molecule has 0 bridgehead atoms. The SMILES string of the molecule is Cc1cc2nc(NC(=O)c3ccccc3)ccc2c(-c2ccc3c4c(ccnc24)CCO3)c1CC(=O)O. The molecule has 0 unspecified atom stereocenters. The monoisotopic (exact) mass is 489 g/mol. The van der Waals surface area contributed by atoms with Gasteiger partial charge in [-0.25, -0.2) is 4.98 Å². The fourth-order valence-electron chi connectivity index (χ4n) is 5.09. The number of aryl methyl sites for hydroxylation is 1. The summed E-state index contributed by atoms with van der Waals surface area (Å²) in [5, 5.41) is 14.3. The van der Waals surface area contributed by atoms with Gasteiger partial charge in [-0.05, 0) is 77.7 Å². The first-order chi connectivity index (χ1) is 18.0. The van der Waals surface area contributed by atoms with E-state index in [1.807, 2.05) is 55.5 Å². The number of carbonyl (C=O) groups is 2. The Labute approximate surface area is 212 Å². The van der Waals surface area contributed by atoms with Crippen molar-refractivity contribution < 1.29 is 19.4 Å². The second-order valence-corrected chi connectivity index (χ2v) is 9.10. The molecule has 37 heavy (non-hydrogen) atoms. The maximum atomic E-state index is 12.7. The first-order valence-corrected chi connectivity index (χ1v) is 12.0. The lowest BCUT2D eigenvalue weighted by atomic mass is 9.88. The van der Waals surface area contributed by atoms with Crippen LogP contribution in [0.5, 0.6) is 5.75 Å². The van der Waals surface area contributed by atoms with E-state index in [1.165, 1.54) is 0 Å². The zero-order valence-electron chi connectivity index (χ0n) is 20.1. The fourth-order valence-corrected chi connectivity index (χ4v) is 5.09. The molecule has 1 aliphatic heterocycles. The quantitative estimate of drug-likeness (QED) is 0.335. The van der Waals surface area contributed by atoms with Crippen LogP contribution < -0.4 is 10.1 Å². The first kappa shape index (κ1) is 22.7. The highest BCUT2D eigenvalue weighted by Crippen LogP contribution is 2.42. The summed E-state index contributed by atoms with van der Waals surface area (Å²) in [6, 6.07) is 20.3. The van der Waals surface area contributed by atoms with Crippen molar-refractivity contribution in [1.82, 2.24) is 9.97 Å². The van der Waals surface area contributed by atoms with Gasteiger partial charge in [-0.15, -0.1) is 0 Å². The predicted octanol–water partition coefficient (Wildman–Crippen LogP) is 5.57. The Balaban J connectivity index is 1.55. The van der Waals surface area contributed by atoms with Crippen molar-refractivity contribution in [3.05, 3.63) is 95.2 Å². The molecule has 182 valence electrons. The van der Waals surface area contributed by atoms with Crippen LogP contribution in [0.1, 0.15) is 27.0 Å². The predicted molar refractivity (Wildman–Crippen MR) is 142 cm³/mol. The fraction of sp³-hybridized carbons (Fsp3) is 0.133. The molecule has 5 aromatic rings. The number of fused-ring (bicyclic) bond motifs is 1. The van der Waals surface area contributed by atoms with Crippen LogP contribution in [0.25, 0.3) is 32.9 Å². The van der Waals surface area contributed by atoms with Crippen LogP contribution in [-0.4, -0.2) is 33.6 Å². The lowest BCUT2D eigenvalue weighted by Crippen LogP contribution is -2.13. The lowest BCUT2D eigenvalue weighted by molar-refractivity contribution is -0.136. The van der Waals surface area contributed by atoms with Gasteiger partial charge in [-0.1, -0.05) is 18.2 Å². The van der Waals surface area contributed by atoms with E-state index in [0.29, 0.717) is 29.1 Å². The number of hydrogen-bond donors (Lipinski definition) is 2. The van der Waals surface area contributed by atoms with E-state index in [2.05, 4.69) is 5.32 Å². The molecule has 0 atom stereocenters. The van der Waals surface area contributed by atoms with Crippen molar-refractivity contribution in [3.8, 4) is 16.9 Å². The summed E-state index contributed by atoms with van der Waals surface area (Å²) in [6.45, 7) is 2.50. The van der Waals surface area contributed by atoms with Gasteiger partial charge in [0, 0.05) is 34.5 Å². The summed E-state index contributed by atoms with van der Waals surface area (Å²) in [5.41, 5.74) is 6.26. The molecule has 0 saturated heterocycles. The van der Waals surface area contributed by atoms with Crippen LogP contribution in [0.15, 0.2) is 72.9 Å². The summed E-state index contributed by atoms with van der Waals surface area (Å²) in [4.78, 5) is 34.0. The molecule has 3 aromatic carbocycles. The first-order valence-electron chi connectivity index (χ1n) is 12.0. The molecule has 0 fully saturated rings. The molecule has 7 nitrogen and oxygen atoms in total. The number of rotatable bonds is 5. The highest BCUT2D eigenvalue weighted by molar-refractivity contribution is 6.09. The number of benzene rings is 3. The normalized spacial score (nSPS) is 12.4. The van der Waals surface area contributed by atoms with Crippen molar-refractivity contribution >= 4 is 39.5 Å². The molecule has 6 rings (SSSR count). The van der Waals surface area contributed by atoms with Gasteiger partial charge in [0.25, 0.3) is 5.91 Å². The molecule has 0 spiro atoms. The third kappa shape index (κ3) is 4.04. The van der Waals surface area contributed by atoms with Crippen molar-refractivity contribution in [2.24, 2.45) is 0 Å². The van der Waals surface area contributed by atoms with Crippen LogP contribution in [-0.2, 0) is 17.6 Å². The number of aromatic nitrogens is 2. The second-order valence-electron chi connectivity index (χ2n) is 9.10. The summed E-state index contributed by atoms with van der Waals surface area (Å²) in [6.07, 6.45) is 2.45. The molecule has 0 saturated carbocycles. The number of anilines is 1. The van der Waals surface area contributed by atoms with Gasteiger partial charge in [0.2, 0.25) is 0 Å². The van der Waals surface area contributed by atoms with Gasteiger partial charge in [-0.3, -0.25) is 14.6 Å². The van der Waals surface area contributed by atoms with Crippen LogP contribution in [0.3, 0.4) is 0 Å². The van der Waals surface area contributed by atoms with Gasteiger partial charge >= 0.3 is 5.97 Å². The molecule has 7 heteroatoms. The number of aliphatic carboxylic acids is 1. The Morgan fingerprint density at radius 3 is 2.70 bits per heavy atom. The molecule has 2 aromatic heterocycles. The van der Waals surface area contributed by atoms with Crippen LogP contribution in [0.2, 0.25) is 0 Å².